The van der Waals surface area contributed by atoms with Gasteiger partial charge < -0.3 is 4.74 Å². The van der Waals surface area contributed by atoms with Crippen LogP contribution >= 0.6 is 30.2 Å². The molecule has 1 aliphatic heterocycles. The van der Waals surface area contributed by atoms with Gasteiger partial charge in [-0.3, -0.25) is 0 Å². The number of para-hydroxylation sites is 1. The molecular formula is C16H13ClOS2. The molecule has 3 rings (SSSR count). The maximum atomic E-state index is 6.53. The van der Waals surface area contributed by atoms with Crippen LogP contribution in [-0.2, 0) is 0 Å². The summed E-state index contributed by atoms with van der Waals surface area (Å²) in [4.78, 5) is 2.35. The van der Waals surface area contributed by atoms with Crippen LogP contribution < -0.4 is 4.74 Å². The lowest BCUT2D eigenvalue weighted by molar-refractivity contribution is 0.414. The first-order chi connectivity index (χ1) is 9.79. The van der Waals surface area contributed by atoms with Gasteiger partial charge in [0.1, 0.15) is 5.75 Å². The Hall–Kier alpha value is -1.16. The zero-order valence-corrected chi connectivity index (χ0v) is 13.3. The Morgan fingerprint density at radius 3 is 2.45 bits per heavy atom. The van der Waals surface area contributed by atoms with Crippen LogP contribution in [0.4, 0.5) is 0 Å². The van der Waals surface area contributed by atoms with Gasteiger partial charge in [-0.2, -0.15) is 0 Å². The number of ether oxygens (including phenoxy) is 1. The van der Waals surface area contributed by atoms with Crippen molar-refractivity contribution in [3.8, 4) is 5.75 Å². The Balaban J connectivity index is 2.01. The van der Waals surface area contributed by atoms with E-state index in [-0.39, 0.29) is 8.73 Å². The lowest BCUT2D eigenvalue weighted by Gasteiger charge is -2.07. The van der Waals surface area contributed by atoms with E-state index in [0.717, 1.165) is 16.2 Å². The lowest BCUT2D eigenvalue weighted by atomic mass is 10.1. The average Bonchev–Trinajstić information content (AvgIpc) is 2.90. The van der Waals surface area contributed by atoms with Crippen LogP contribution in [-0.4, -0.2) is 12.0 Å². The van der Waals surface area contributed by atoms with E-state index < -0.39 is 0 Å². The standard InChI is InChI=1S/C16H13ClOS2/c1-18-14-10-6-5-9-13(14)16-11-15(19-20(16)17)12-7-3-2-4-8-12/h2-11H,1H3. The van der Waals surface area contributed by atoms with Crippen LogP contribution in [0.1, 0.15) is 11.1 Å². The first-order valence-corrected chi connectivity index (χ1v) is 9.54. The highest BCUT2D eigenvalue weighted by Crippen LogP contribution is 2.53. The van der Waals surface area contributed by atoms with Gasteiger partial charge >= 0.3 is 0 Å². The van der Waals surface area contributed by atoms with E-state index in [2.05, 4.69) is 24.3 Å². The van der Waals surface area contributed by atoms with Gasteiger partial charge in [0.2, 0.25) is 0 Å². The van der Waals surface area contributed by atoms with Gasteiger partial charge in [0.15, 0.2) is 0 Å². The summed E-state index contributed by atoms with van der Waals surface area (Å²) in [5.74, 6) is 0.867. The van der Waals surface area contributed by atoms with E-state index in [1.54, 1.807) is 17.9 Å². The number of halogens is 1. The summed E-state index contributed by atoms with van der Waals surface area (Å²) in [6.07, 6.45) is 2.17. The van der Waals surface area contributed by atoms with Crippen molar-refractivity contribution in [3.63, 3.8) is 0 Å². The second kappa shape index (κ2) is 6.08. The maximum absolute atomic E-state index is 6.53. The predicted molar refractivity (Wildman–Crippen MR) is 92.6 cm³/mol. The molecule has 102 valence electrons. The molecule has 1 atom stereocenters. The highest BCUT2D eigenvalue weighted by molar-refractivity contribution is 8.95. The second-order valence-corrected chi connectivity index (χ2v) is 8.71. The first kappa shape index (κ1) is 13.8. The van der Waals surface area contributed by atoms with E-state index in [4.69, 9.17) is 15.4 Å². The summed E-state index contributed by atoms with van der Waals surface area (Å²) >= 11 is 0. The summed E-state index contributed by atoms with van der Waals surface area (Å²) in [6.45, 7) is 0. The zero-order chi connectivity index (χ0) is 13.9. The molecule has 1 unspecified atom stereocenters. The Bertz CT molecular complexity index is 693. The van der Waals surface area contributed by atoms with Crippen molar-refractivity contribution in [2.24, 2.45) is 0 Å². The molecule has 2 aromatic rings. The molecule has 2 aromatic carbocycles. The highest BCUT2D eigenvalue weighted by Gasteiger charge is 2.19. The molecule has 0 fully saturated rings. The quantitative estimate of drug-likeness (QED) is 0.557. The molecule has 1 aliphatic rings. The Kier molecular flexibility index (Phi) is 4.20. The summed E-state index contributed by atoms with van der Waals surface area (Å²) in [7, 11) is 9.55. The number of hydrogen-bond acceptors (Lipinski definition) is 2. The fourth-order valence-electron chi connectivity index (χ4n) is 2.06. The molecule has 0 aliphatic carbocycles. The SMILES string of the molecule is COc1ccccc1C1=S(Cl)SC(c2ccccc2)=C1. The molecule has 0 saturated heterocycles. The number of allylic oxidation sites excluding steroid dienone is 1. The number of hydrogen-bond donors (Lipinski definition) is 0. The van der Waals surface area contributed by atoms with Crippen LogP contribution in [0.3, 0.4) is 0 Å². The van der Waals surface area contributed by atoms with Crippen molar-refractivity contribution in [2.45, 2.75) is 0 Å². The van der Waals surface area contributed by atoms with Crippen molar-refractivity contribution >= 4 is 40.0 Å². The first-order valence-electron chi connectivity index (χ1n) is 6.16. The van der Waals surface area contributed by atoms with Crippen LogP contribution in [0.25, 0.3) is 4.91 Å². The van der Waals surface area contributed by atoms with Crippen molar-refractivity contribution in [3.05, 3.63) is 71.8 Å². The molecule has 0 aromatic heterocycles. The molecule has 0 saturated carbocycles. The van der Waals surface area contributed by atoms with Crippen LogP contribution in [0.5, 0.6) is 5.75 Å². The molecule has 0 spiro atoms. The molecule has 0 N–H and O–H groups in total. The minimum Gasteiger partial charge on any atom is -0.496 e. The number of benzene rings is 2. The van der Waals surface area contributed by atoms with Crippen molar-refractivity contribution < 1.29 is 4.74 Å². The van der Waals surface area contributed by atoms with Gasteiger partial charge in [0.25, 0.3) is 0 Å². The molecule has 0 radical (unpaired) electrons. The Morgan fingerprint density at radius 2 is 1.70 bits per heavy atom. The van der Waals surface area contributed by atoms with E-state index in [1.165, 1.54) is 10.5 Å². The summed E-state index contributed by atoms with van der Waals surface area (Å²) < 4.78 is 5.43. The van der Waals surface area contributed by atoms with Crippen molar-refractivity contribution in [2.75, 3.05) is 7.11 Å². The summed E-state index contributed by atoms with van der Waals surface area (Å²) in [5.41, 5.74) is 2.28. The molecular weight excluding hydrogens is 308 g/mol. The van der Waals surface area contributed by atoms with Crippen LogP contribution in [0.2, 0.25) is 0 Å². The van der Waals surface area contributed by atoms with E-state index in [0.29, 0.717) is 0 Å². The van der Waals surface area contributed by atoms with E-state index in [9.17, 15) is 0 Å². The largest absolute Gasteiger partial charge is 0.496 e. The van der Waals surface area contributed by atoms with Gasteiger partial charge in [-0.1, -0.05) is 48.5 Å². The topological polar surface area (TPSA) is 9.23 Å². The van der Waals surface area contributed by atoms with Crippen molar-refractivity contribution in [1.82, 2.24) is 0 Å². The second-order valence-electron chi connectivity index (χ2n) is 4.25. The van der Waals surface area contributed by atoms with E-state index in [1.807, 2.05) is 36.4 Å². The summed E-state index contributed by atoms with van der Waals surface area (Å²) in [5, 5.41) is 0. The normalized spacial score (nSPS) is 18.0. The third kappa shape index (κ3) is 2.66. The van der Waals surface area contributed by atoms with Gasteiger partial charge in [-0.15, -0.1) is 0 Å². The van der Waals surface area contributed by atoms with Crippen LogP contribution in [0, 0.1) is 0 Å². The molecule has 0 amide bonds. The maximum Gasteiger partial charge on any atom is 0.127 e. The van der Waals surface area contributed by atoms with E-state index >= 15 is 0 Å². The molecule has 4 heteroatoms. The third-order valence-corrected chi connectivity index (χ3v) is 6.97. The molecule has 1 heterocycles. The molecule has 0 bridgehead atoms. The number of methoxy groups -OCH3 is 1. The fraction of sp³-hybridized carbons (Fsp3) is 0.0625. The minimum atomic E-state index is -0.371. The zero-order valence-electron chi connectivity index (χ0n) is 10.9. The van der Waals surface area contributed by atoms with Crippen LogP contribution in [0.15, 0.2) is 60.7 Å². The van der Waals surface area contributed by atoms with Crippen molar-refractivity contribution in [1.29, 1.82) is 0 Å². The third-order valence-electron chi connectivity index (χ3n) is 3.03. The predicted octanol–water partition coefficient (Wildman–Crippen LogP) is 5.34. The van der Waals surface area contributed by atoms with Gasteiger partial charge in [0, 0.05) is 15.3 Å². The lowest BCUT2D eigenvalue weighted by Crippen LogP contribution is -1.97. The molecule has 20 heavy (non-hydrogen) atoms. The highest BCUT2D eigenvalue weighted by atomic mass is 35.7. The fourth-order valence-corrected chi connectivity index (χ4v) is 5.91. The average molecular weight is 321 g/mol. The Morgan fingerprint density at radius 1 is 1.00 bits per heavy atom. The van der Waals surface area contributed by atoms with Gasteiger partial charge in [0.05, 0.1) is 7.11 Å². The summed E-state index contributed by atoms with van der Waals surface area (Å²) in [6, 6.07) is 18.3. The molecule has 1 nitrogen and oxygen atoms in total. The smallest absolute Gasteiger partial charge is 0.127 e. The van der Waals surface area contributed by atoms with Gasteiger partial charge in [-0.05, 0) is 47.9 Å². The Labute approximate surface area is 129 Å². The van der Waals surface area contributed by atoms with Gasteiger partial charge in [-0.25, -0.2) is 0 Å². The number of rotatable bonds is 3. The monoisotopic (exact) mass is 320 g/mol. The minimum absolute atomic E-state index is 0.371.